The number of unbranched alkanes of at least 4 members (excludes halogenated alkanes) is 12. The molecule has 0 radical (unpaired) electrons. The molecule has 0 spiro atoms. The maximum absolute atomic E-state index is 10.9. The lowest BCUT2D eigenvalue weighted by Crippen LogP contribution is -2.25. The van der Waals surface area contributed by atoms with E-state index in [2.05, 4.69) is 87.3 Å². The lowest BCUT2D eigenvalue weighted by molar-refractivity contribution is -0.384. The highest BCUT2D eigenvalue weighted by Crippen LogP contribution is 2.29. The first-order valence-corrected chi connectivity index (χ1v) is 18.6. The monoisotopic (exact) mass is 659 g/mol. The van der Waals surface area contributed by atoms with E-state index in [9.17, 15) is 10.1 Å². The number of hydrogen-bond donors (Lipinski definition) is 0. The maximum Gasteiger partial charge on any atom is 0.269 e. The molecule has 0 bridgehead atoms. The number of azo groups is 1. The normalized spacial score (nSPS) is 11.6. The number of fused-ring (bicyclic) bond motifs is 3. The summed E-state index contributed by atoms with van der Waals surface area (Å²) in [4.78, 5) is 13.0. The third-order valence-corrected chi connectivity index (χ3v) is 9.58. The van der Waals surface area contributed by atoms with E-state index in [-0.39, 0.29) is 5.69 Å². The summed E-state index contributed by atoms with van der Waals surface area (Å²) in [5.41, 5.74) is 5.39. The first-order chi connectivity index (χ1) is 24.1. The summed E-state index contributed by atoms with van der Waals surface area (Å²) in [6, 6.07) is 32.1. The first-order valence-electron chi connectivity index (χ1n) is 18.6. The van der Waals surface area contributed by atoms with Gasteiger partial charge in [-0.3, -0.25) is 10.1 Å². The third-order valence-electron chi connectivity index (χ3n) is 9.58. The van der Waals surface area contributed by atoms with E-state index in [1.807, 2.05) is 12.1 Å². The minimum Gasteiger partial charge on any atom is -0.372 e. The summed E-state index contributed by atoms with van der Waals surface area (Å²) < 4.78 is 2.52. The Labute approximate surface area is 292 Å². The summed E-state index contributed by atoms with van der Waals surface area (Å²) >= 11 is 0. The van der Waals surface area contributed by atoms with Crippen molar-refractivity contribution in [1.82, 2.24) is 4.57 Å². The molecule has 0 aliphatic rings. The van der Waals surface area contributed by atoms with Crippen molar-refractivity contribution in [1.29, 1.82) is 0 Å². The number of rotatable bonds is 22. The first kappa shape index (κ1) is 35.8. The van der Waals surface area contributed by atoms with E-state index >= 15 is 0 Å². The van der Waals surface area contributed by atoms with Crippen molar-refractivity contribution < 1.29 is 4.92 Å². The van der Waals surface area contributed by atoms with Crippen LogP contribution in [0.15, 0.2) is 107 Å². The average Bonchev–Trinajstić information content (AvgIpc) is 3.46. The second kappa shape index (κ2) is 19.5. The van der Waals surface area contributed by atoms with Crippen LogP contribution in [0.25, 0.3) is 21.8 Å². The number of para-hydroxylation sites is 2. The summed E-state index contributed by atoms with van der Waals surface area (Å²) in [5.74, 6) is 0. The Morgan fingerprint density at radius 1 is 0.571 bits per heavy atom. The molecule has 0 aliphatic carbocycles. The molecule has 0 unspecified atom stereocenters. The second-order valence-electron chi connectivity index (χ2n) is 13.3. The van der Waals surface area contributed by atoms with E-state index in [0.717, 1.165) is 25.3 Å². The molecule has 7 nitrogen and oxygen atoms in total. The van der Waals surface area contributed by atoms with Gasteiger partial charge in [0.05, 0.1) is 16.3 Å². The van der Waals surface area contributed by atoms with Crippen LogP contribution in [0.4, 0.5) is 22.7 Å². The number of non-ortho nitro benzene ring substituents is 1. The second-order valence-corrected chi connectivity index (χ2v) is 13.3. The zero-order chi connectivity index (χ0) is 34.1. The summed E-state index contributed by atoms with van der Waals surface area (Å²) in [6.07, 6.45) is 18.1. The fourth-order valence-electron chi connectivity index (χ4n) is 6.82. The van der Waals surface area contributed by atoms with E-state index < -0.39 is 4.92 Å². The predicted molar refractivity (Wildman–Crippen MR) is 206 cm³/mol. The van der Waals surface area contributed by atoms with Gasteiger partial charge in [-0.25, -0.2) is 0 Å². The summed E-state index contributed by atoms with van der Waals surface area (Å²) in [7, 11) is 0. The van der Waals surface area contributed by atoms with Gasteiger partial charge in [-0.15, -0.1) is 0 Å². The van der Waals surface area contributed by atoms with Crippen LogP contribution < -0.4 is 4.90 Å². The van der Waals surface area contributed by atoms with Gasteiger partial charge in [0.15, 0.2) is 0 Å². The van der Waals surface area contributed by atoms with Crippen molar-refractivity contribution in [3.8, 4) is 0 Å². The Bertz CT molecular complexity index is 1690. The van der Waals surface area contributed by atoms with Gasteiger partial charge in [0.1, 0.15) is 0 Å². The van der Waals surface area contributed by atoms with Crippen LogP contribution >= 0.6 is 0 Å². The largest absolute Gasteiger partial charge is 0.372 e. The van der Waals surface area contributed by atoms with Crippen molar-refractivity contribution in [3.05, 3.63) is 107 Å². The van der Waals surface area contributed by atoms with Crippen molar-refractivity contribution >= 4 is 44.6 Å². The van der Waals surface area contributed by atoms with Gasteiger partial charge in [0.2, 0.25) is 0 Å². The fraction of sp³-hybridized carbons (Fsp3) is 0.429. The molecule has 4 aromatic carbocycles. The van der Waals surface area contributed by atoms with Crippen molar-refractivity contribution in [3.63, 3.8) is 0 Å². The highest BCUT2D eigenvalue weighted by molar-refractivity contribution is 6.07. The summed E-state index contributed by atoms with van der Waals surface area (Å²) in [6.45, 7) is 5.53. The van der Waals surface area contributed by atoms with Crippen LogP contribution in [0.5, 0.6) is 0 Å². The van der Waals surface area contributed by atoms with Gasteiger partial charge in [-0.2, -0.15) is 10.2 Å². The van der Waals surface area contributed by atoms with Crippen LogP contribution in [0.3, 0.4) is 0 Å². The Morgan fingerprint density at radius 2 is 1.02 bits per heavy atom. The fourth-order valence-corrected chi connectivity index (χ4v) is 6.82. The molecule has 0 fully saturated rings. The molecule has 258 valence electrons. The molecule has 1 aromatic heterocycles. The Morgan fingerprint density at radius 3 is 1.53 bits per heavy atom. The van der Waals surface area contributed by atoms with Crippen molar-refractivity contribution in [2.24, 2.45) is 10.2 Å². The number of hydrogen-bond acceptors (Lipinski definition) is 5. The molecular weight excluding hydrogens is 606 g/mol. The lowest BCUT2D eigenvalue weighted by Gasteiger charge is -2.25. The molecular formula is C42H53N5O2. The number of nitro groups is 1. The summed E-state index contributed by atoms with van der Waals surface area (Å²) in [5, 5.41) is 22.2. The molecule has 5 rings (SSSR count). The van der Waals surface area contributed by atoms with Crippen molar-refractivity contribution in [2.75, 3.05) is 18.0 Å². The number of aromatic nitrogens is 1. The Kier molecular flexibility index (Phi) is 14.2. The predicted octanol–water partition coefficient (Wildman–Crippen LogP) is 13.1. The van der Waals surface area contributed by atoms with E-state index in [1.165, 1.54) is 130 Å². The SMILES string of the molecule is CCCCCCN(CCCCCCCCCCCCn1c2ccccc2c2ccccc21)c1ccc(N=Nc2ccc([N+](=O)[O-])cc2)cc1. The zero-order valence-electron chi connectivity index (χ0n) is 29.3. The van der Waals surface area contributed by atoms with E-state index in [4.69, 9.17) is 0 Å². The lowest BCUT2D eigenvalue weighted by atomic mass is 10.1. The molecule has 0 N–H and O–H groups in total. The molecule has 0 saturated carbocycles. The zero-order valence-corrected chi connectivity index (χ0v) is 29.3. The maximum atomic E-state index is 10.9. The smallest absolute Gasteiger partial charge is 0.269 e. The van der Waals surface area contributed by atoms with Gasteiger partial charge in [0, 0.05) is 59.3 Å². The number of nitrogens with zero attached hydrogens (tertiary/aromatic N) is 5. The van der Waals surface area contributed by atoms with Crippen LogP contribution in [0.1, 0.15) is 96.8 Å². The molecule has 5 aromatic rings. The minimum atomic E-state index is -0.411. The van der Waals surface area contributed by atoms with Crippen LogP contribution in [-0.4, -0.2) is 22.6 Å². The minimum absolute atomic E-state index is 0.0520. The van der Waals surface area contributed by atoms with Crippen LogP contribution in [0, 0.1) is 10.1 Å². The van der Waals surface area contributed by atoms with E-state index in [1.54, 1.807) is 12.1 Å². The standard InChI is InChI=1S/C42H53N5O2/c1-2-3-4-17-32-45(37-28-24-35(25-29-37)43-44-36-26-30-38(31-27-36)47(48)49)33-18-11-9-7-5-6-8-10-12-19-34-46-41-22-15-13-20-39(41)40-21-14-16-23-42(40)46/h13-16,20-31H,2-12,17-19,32-34H2,1H3. The molecule has 1 heterocycles. The van der Waals surface area contributed by atoms with Gasteiger partial charge in [-0.1, -0.05) is 114 Å². The number of nitro benzene ring substituents is 1. The third kappa shape index (κ3) is 10.7. The van der Waals surface area contributed by atoms with Gasteiger partial charge < -0.3 is 9.47 Å². The van der Waals surface area contributed by atoms with Gasteiger partial charge in [0.25, 0.3) is 5.69 Å². The number of anilines is 1. The van der Waals surface area contributed by atoms with Crippen LogP contribution in [-0.2, 0) is 6.54 Å². The quantitative estimate of drug-likeness (QED) is 0.0321. The molecule has 0 atom stereocenters. The van der Waals surface area contributed by atoms with E-state index in [0.29, 0.717) is 5.69 Å². The Balaban J connectivity index is 0.969. The van der Waals surface area contributed by atoms with Crippen LogP contribution in [0.2, 0.25) is 0 Å². The Hall–Kier alpha value is -4.52. The topological polar surface area (TPSA) is 76.0 Å². The molecule has 0 saturated heterocycles. The molecule has 0 amide bonds. The van der Waals surface area contributed by atoms with Gasteiger partial charge >= 0.3 is 0 Å². The highest BCUT2D eigenvalue weighted by Gasteiger charge is 2.10. The number of benzene rings is 4. The molecule has 49 heavy (non-hydrogen) atoms. The molecule has 7 heteroatoms. The molecule has 0 aliphatic heterocycles. The highest BCUT2D eigenvalue weighted by atomic mass is 16.6. The van der Waals surface area contributed by atoms with Gasteiger partial charge in [-0.05, 0) is 67.8 Å². The van der Waals surface area contributed by atoms with Crippen molar-refractivity contribution in [2.45, 2.75) is 103 Å². The average molecular weight is 660 g/mol. The number of aryl methyl sites for hydroxylation is 1.